The van der Waals surface area contributed by atoms with Gasteiger partial charge in [-0.3, -0.25) is 0 Å². The molecule has 0 aliphatic heterocycles. The molecule has 0 saturated heterocycles. The van der Waals surface area contributed by atoms with Crippen LogP contribution in [-0.2, 0) is 9.84 Å². The van der Waals surface area contributed by atoms with Gasteiger partial charge in [0.15, 0.2) is 9.84 Å². The standard InChI is InChI=1S/C6H10O2S2/c1-4-5-9-6(2)10(3,7)8/h4-5H,2H2,1,3H3/b5-4-. The van der Waals surface area contributed by atoms with Crippen molar-refractivity contribution in [1.82, 2.24) is 0 Å². The Morgan fingerprint density at radius 2 is 2.10 bits per heavy atom. The van der Waals surface area contributed by atoms with Crippen LogP contribution in [0.5, 0.6) is 0 Å². The van der Waals surface area contributed by atoms with E-state index in [1.807, 2.05) is 6.92 Å². The highest BCUT2D eigenvalue weighted by Gasteiger charge is 2.05. The van der Waals surface area contributed by atoms with Crippen LogP contribution in [0.25, 0.3) is 0 Å². The van der Waals surface area contributed by atoms with Gasteiger partial charge < -0.3 is 0 Å². The largest absolute Gasteiger partial charge is 0.223 e. The van der Waals surface area contributed by atoms with E-state index in [-0.39, 0.29) is 4.24 Å². The van der Waals surface area contributed by atoms with Crippen molar-refractivity contribution in [1.29, 1.82) is 0 Å². The molecule has 0 N–H and O–H groups in total. The smallest absolute Gasteiger partial charge is 0.181 e. The van der Waals surface area contributed by atoms with E-state index in [0.29, 0.717) is 0 Å². The minimum atomic E-state index is -3.06. The Balaban J connectivity index is 4.14. The average molecular weight is 178 g/mol. The normalized spacial score (nSPS) is 12.2. The number of thioether (sulfide) groups is 1. The Labute approximate surface area is 65.9 Å². The van der Waals surface area contributed by atoms with E-state index in [2.05, 4.69) is 6.58 Å². The SMILES string of the molecule is C=C(S/C=C\C)S(C)(=O)=O. The molecule has 0 aromatic carbocycles. The molecule has 0 heterocycles. The molecule has 0 aliphatic rings. The van der Waals surface area contributed by atoms with Gasteiger partial charge >= 0.3 is 0 Å². The number of hydrogen-bond acceptors (Lipinski definition) is 3. The second-order valence-electron chi connectivity index (χ2n) is 1.73. The summed E-state index contributed by atoms with van der Waals surface area (Å²) < 4.78 is 21.6. The molecule has 0 unspecified atom stereocenters. The second kappa shape index (κ2) is 3.83. The second-order valence-corrected chi connectivity index (χ2v) is 5.03. The minimum absolute atomic E-state index is 0.186. The quantitative estimate of drug-likeness (QED) is 0.660. The van der Waals surface area contributed by atoms with E-state index in [1.165, 1.54) is 0 Å². The van der Waals surface area contributed by atoms with Gasteiger partial charge in [0.25, 0.3) is 0 Å². The average Bonchev–Trinajstić information content (AvgIpc) is 1.80. The zero-order chi connectivity index (χ0) is 8.20. The number of hydrogen-bond donors (Lipinski definition) is 0. The van der Waals surface area contributed by atoms with E-state index in [4.69, 9.17) is 0 Å². The molecule has 4 heteroatoms. The molecular formula is C6H10O2S2. The fraction of sp³-hybridized carbons (Fsp3) is 0.333. The number of rotatable bonds is 3. The first-order chi connectivity index (χ1) is 4.48. The van der Waals surface area contributed by atoms with E-state index < -0.39 is 9.84 Å². The minimum Gasteiger partial charge on any atom is -0.223 e. The monoisotopic (exact) mass is 178 g/mol. The van der Waals surface area contributed by atoms with Gasteiger partial charge in [0.1, 0.15) is 0 Å². The first kappa shape index (κ1) is 9.78. The zero-order valence-corrected chi connectivity index (χ0v) is 7.63. The van der Waals surface area contributed by atoms with Gasteiger partial charge in [-0.2, -0.15) is 0 Å². The van der Waals surface area contributed by atoms with E-state index in [1.54, 1.807) is 11.5 Å². The molecule has 10 heavy (non-hydrogen) atoms. The van der Waals surface area contributed by atoms with Crippen molar-refractivity contribution < 1.29 is 8.42 Å². The molecule has 0 bridgehead atoms. The maximum atomic E-state index is 10.7. The van der Waals surface area contributed by atoms with Gasteiger partial charge in [0, 0.05) is 6.26 Å². The van der Waals surface area contributed by atoms with Gasteiger partial charge in [-0.1, -0.05) is 24.4 Å². The van der Waals surface area contributed by atoms with Crippen LogP contribution in [0.1, 0.15) is 6.92 Å². The summed E-state index contributed by atoms with van der Waals surface area (Å²) in [6.45, 7) is 5.21. The lowest BCUT2D eigenvalue weighted by Crippen LogP contribution is -1.94. The molecule has 0 atom stereocenters. The summed E-state index contributed by atoms with van der Waals surface area (Å²) in [5.74, 6) is 0. The number of allylic oxidation sites excluding steroid dienone is 1. The Kier molecular flexibility index (Phi) is 3.75. The van der Waals surface area contributed by atoms with Crippen LogP contribution >= 0.6 is 11.8 Å². The lowest BCUT2D eigenvalue weighted by atomic mass is 10.8. The molecule has 0 amide bonds. The third kappa shape index (κ3) is 3.74. The van der Waals surface area contributed by atoms with Gasteiger partial charge in [-0.05, 0) is 12.3 Å². The Morgan fingerprint density at radius 1 is 1.60 bits per heavy atom. The van der Waals surface area contributed by atoms with Crippen molar-refractivity contribution in [3.63, 3.8) is 0 Å². The van der Waals surface area contributed by atoms with Crippen LogP contribution in [0.2, 0.25) is 0 Å². The summed E-state index contributed by atoms with van der Waals surface area (Å²) in [4.78, 5) is 0. The highest BCUT2D eigenvalue weighted by atomic mass is 32.3. The van der Waals surface area contributed by atoms with Crippen LogP contribution in [0.15, 0.2) is 22.3 Å². The molecule has 0 fully saturated rings. The molecule has 0 rings (SSSR count). The van der Waals surface area contributed by atoms with Gasteiger partial charge in [-0.25, -0.2) is 8.42 Å². The van der Waals surface area contributed by atoms with Crippen molar-refractivity contribution in [2.75, 3.05) is 6.26 Å². The number of sulfone groups is 1. The van der Waals surface area contributed by atoms with Crippen LogP contribution in [0, 0.1) is 0 Å². The van der Waals surface area contributed by atoms with Crippen LogP contribution in [0.4, 0.5) is 0 Å². The maximum absolute atomic E-state index is 10.7. The molecule has 0 spiro atoms. The van der Waals surface area contributed by atoms with Crippen LogP contribution < -0.4 is 0 Å². The molecule has 0 saturated carbocycles. The van der Waals surface area contributed by atoms with Crippen molar-refractivity contribution >= 4 is 21.6 Å². The summed E-state index contributed by atoms with van der Waals surface area (Å²) in [5.41, 5.74) is 0. The van der Waals surface area contributed by atoms with E-state index in [0.717, 1.165) is 18.0 Å². The first-order valence-electron chi connectivity index (χ1n) is 2.65. The topological polar surface area (TPSA) is 34.1 Å². The molecule has 0 aromatic rings. The Bertz CT molecular complexity index is 236. The predicted molar refractivity (Wildman–Crippen MR) is 46.4 cm³/mol. The maximum Gasteiger partial charge on any atom is 0.181 e. The fourth-order valence-electron chi connectivity index (χ4n) is 0.231. The van der Waals surface area contributed by atoms with Crippen LogP contribution in [0.3, 0.4) is 0 Å². The third-order valence-corrected chi connectivity index (χ3v) is 3.44. The summed E-state index contributed by atoms with van der Waals surface area (Å²) in [6, 6.07) is 0. The van der Waals surface area contributed by atoms with Crippen molar-refractivity contribution in [2.45, 2.75) is 6.92 Å². The molecule has 58 valence electrons. The molecule has 2 nitrogen and oxygen atoms in total. The summed E-state index contributed by atoms with van der Waals surface area (Å²) >= 11 is 1.12. The summed E-state index contributed by atoms with van der Waals surface area (Å²) in [7, 11) is -3.06. The fourth-order valence-corrected chi connectivity index (χ4v) is 1.39. The lowest BCUT2D eigenvalue weighted by Gasteiger charge is -1.95. The molecular weight excluding hydrogens is 168 g/mol. The van der Waals surface area contributed by atoms with Crippen molar-refractivity contribution in [3.8, 4) is 0 Å². The highest BCUT2D eigenvalue weighted by Crippen LogP contribution is 2.19. The summed E-state index contributed by atoms with van der Waals surface area (Å²) in [6.07, 6.45) is 2.91. The zero-order valence-electron chi connectivity index (χ0n) is 5.99. The summed E-state index contributed by atoms with van der Waals surface area (Å²) in [5, 5.41) is 1.68. The highest BCUT2D eigenvalue weighted by molar-refractivity contribution is 8.19. The van der Waals surface area contributed by atoms with Crippen molar-refractivity contribution in [3.05, 3.63) is 22.3 Å². The van der Waals surface area contributed by atoms with E-state index >= 15 is 0 Å². The third-order valence-electron chi connectivity index (χ3n) is 0.749. The van der Waals surface area contributed by atoms with Crippen molar-refractivity contribution in [2.24, 2.45) is 0 Å². The molecule has 0 radical (unpaired) electrons. The first-order valence-corrected chi connectivity index (χ1v) is 5.42. The van der Waals surface area contributed by atoms with Gasteiger partial charge in [0.2, 0.25) is 0 Å². The van der Waals surface area contributed by atoms with Gasteiger partial charge in [-0.15, -0.1) is 0 Å². The molecule has 0 aliphatic carbocycles. The van der Waals surface area contributed by atoms with Crippen LogP contribution in [-0.4, -0.2) is 14.7 Å². The Morgan fingerprint density at radius 3 is 2.40 bits per heavy atom. The lowest BCUT2D eigenvalue weighted by molar-refractivity contribution is 0.609. The Hall–Kier alpha value is -0.220. The van der Waals surface area contributed by atoms with E-state index in [9.17, 15) is 8.42 Å². The molecule has 0 aromatic heterocycles. The predicted octanol–water partition coefficient (Wildman–Crippen LogP) is 1.77. The van der Waals surface area contributed by atoms with Gasteiger partial charge in [0.05, 0.1) is 4.24 Å².